The molecule has 0 spiro atoms. The highest BCUT2D eigenvalue weighted by Gasteiger charge is 2.24. The van der Waals surface area contributed by atoms with Crippen LogP contribution in [0.1, 0.15) is 24.2 Å². The van der Waals surface area contributed by atoms with E-state index in [0.717, 1.165) is 30.7 Å². The lowest BCUT2D eigenvalue weighted by Crippen LogP contribution is -2.50. The molecule has 0 aliphatic carbocycles. The summed E-state index contributed by atoms with van der Waals surface area (Å²) in [6, 6.07) is 5.96. The molecular formula is C14H20BrN3O. The number of nitrogens with two attached hydrogens (primary N) is 1. The van der Waals surface area contributed by atoms with Crippen molar-refractivity contribution in [2.45, 2.75) is 19.9 Å². The lowest BCUT2D eigenvalue weighted by atomic mass is 10.1. The van der Waals surface area contributed by atoms with Gasteiger partial charge in [0.2, 0.25) is 0 Å². The van der Waals surface area contributed by atoms with Gasteiger partial charge in [-0.3, -0.25) is 9.69 Å². The van der Waals surface area contributed by atoms with E-state index in [1.54, 1.807) is 12.1 Å². The average molecular weight is 326 g/mol. The van der Waals surface area contributed by atoms with Crippen LogP contribution in [-0.4, -0.2) is 47.9 Å². The molecule has 0 aromatic heterocycles. The topological polar surface area (TPSA) is 49.6 Å². The van der Waals surface area contributed by atoms with Crippen LogP contribution in [-0.2, 0) is 0 Å². The molecule has 5 heteroatoms. The van der Waals surface area contributed by atoms with E-state index in [9.17, 15) is 4.79 Å². The minimum Gasteiger partial charge on any atom is -0.398 e. The van der Waals surface area contributed by atoms with Crippen LogP contribution >= 0.6 is 15.9 Å². The number of benzene rings is 1. The maximum absolute atomic E-state index is 12.4. The standard InChI is InChI=1S/C14H20BrN3O/c1-10(2)17-5-7-18(8-6-17)14(19)12-4-3-11(15)9-13(12)16/h3-4,9-10H,5-8,16H2,1-2H3. The average Bonchev–Trinajstić information content (AvgIpc) is 2.38. The summed E-state index contributed by atoms with van der Waals surface area (Å²) in [5.74, 6) is 0.0356. The molecule has 1 aromatic rings. The van der Waals surface area contributed by atoms with Gasteiger partial charge in [-0.15, -0.1) is 0 Å². The molecule has 0 saturated carbocycles. The second kappa shape index (κ2) is 5.92. The molecule has 1 fully saturated rings. The molecule has 1 saturated heterocycles. The molecule has 2 rings (SSSR count). The highest BCUT2D eigenvalue weighted by Crippen LogP contribution is 2.20. The Bertz CT molecular complexity index is 468. The predicted molar refractivity (Wildman–Crippen MR) is 81.2 cm³/mol. The van der Waals surface area contributed by atoms with Gasteiger partial charge in [0.1, 0.15) is 0 Å². The molecule has 0 unspecified atom stereocenters. The number of piperazine rings is 1. The van der Waals surface area contributed by atoms with Gasteiger partial charge in [-0.05, 0) is 32.0 Å². The van der Waals surface area contributed by atoms with Crippen molar-refractivity contribution in [2.75, 3.05) is 31.9 Å². The van der Waals surface area contributed by atoms with Crippen LogP contribution in [0.2, 0.25) is 0 Å². The Balaban J connectivity index is 2.05. The zero-order valence-electron chi connectivity index (χ0n) is 11.4. The summed E-state index contributed by atoms with van der Waals surface area (Å²) in [6.07, 6.45) is 0. The summed E-state index contributed by atoms with van der Waals surface area (Å²) in [7, 11) is 0. The number of carbonyl (C=O) groups is 1. The summed E-state index contributed by atoms with van der Waals surface area (Å²) in [5, 5.41) is 0. The van der Waals surface area contributed by atoms with E-state index in [-0.39, 0.29) is 5.91 Å². The summed E-state index contributed by atoms with van der Waals surface area (Å²) in [6.45, 7) is 7.77. The molecule has 0 atom stereocenters. The smallest absolute Gasteiger partial charge is 0.256 e. The van der Waals surface area contributed by atoms with Gasteiger partial charge in [-0.25, -0.2) is 0 Å². The zero-order valence-corrected chi connectivity index (χ0v) is 13.0. The summed E-state index contributed by atoms with van der Waals surface area (Å²) in [5.41, 5.74) is 7.05. The van der Waals surface area contributed by atoms with Crippen molar-refractivity contribution in [2.24, 2.45) is 0 Å². The Morgan fingerprint density at radius 3 is 2.42 bits per heavy atom. The van der Waals surface area contributed by atoms with Crippen LogP contribution in [0.5, 0.6) is 0 Å². The minimum absolute atomic E-state index is 0.0356. The van der Waals surface area contributed by atoms with Crippen molar-refractivity contribution in [3.63, 3.8) is 0 Å². The third-order valence-corrected chi connectivity index (χ3v) is 4.07. The number of carbonyl (C=O) groups excluding carboxylic acids is 1. The fourth-order valence-corrected chi connectivity index (χ4v) is 2.72. The number of nitrogen functional groups attached to an aromatic ring is 1. The molecule has 1 aliphatic heterocycles. The number of anilines is 1. The monoisotopic (exact) mass is 325 g/mol. The Hall–Kier alpha value is -1.07. The first kappa shape index (κ1) is 14.3. The summed E-state index contributed by atoms with van der Waals surface area (Å²) in [4.78, 5) is 16.7. The Labute approximate surface area is 122 Å². The first-order valence-corrected chi connectivity index (χ1v) is 7.36. The molecule has 0 bridgehead atoms. The Morgan fingerprint density at radius 1 is 1.26 bits per heavy atom. The zero-order chi connectivity index (χ0) is 14.0. The van der Waals surface area contributed by atoms with Crippen molar-refractivity contribution in [1.82, 2.24) is 9.80 Å². The van der Waals surface area contributed by atoms with Crippen LogP contribution in [0, 0.1) is 0 Å². The largest absolute Gasteiger partial charge is 0.398 e. The fourth-order valence-electron chi connectivity index (χ4n) is 2.34. The second-order valence-corrected chi connectivity index (χ2v) is 6.07. The Kier molecular flexibility index (Phi) is 4.47. The van der Waals surface area contributed by atoms with Crippen LogP contribution in [0.3, 0.4) is 0 Å². The lowest BCUT2D eigenvalue weighted by Gasteiger charge is -2.37. The molecule has 1 aliphatic rings. The normalized spacial score (nSPS) is 16.9. The first-order valence-electron chi connectivity index (χ1n) is 6.57. The van der Waals surface area contributed by atoms with E-state index < -0.39 is 0 Å². The van der Waals surface area contributed by atoms with Crippen molar-refractivity contribution in [3.8, 4) is 0 Å². The maximum atomic E-state index is 12.4. The molecule has 1 aromatic carbocycles. The van der Waals surface area contributed by atoms with Crippen molar-refractivity contribution in [1.29, 1.82) is 0 Å². The van der Waals surface area contributed by atoms with E-state index >= 15 is 0 Å². The second-order valence-electron chi connectivity index (χ2n) is 5.15. The maximum Gasteiger partial charge on any atom is 0.256 e. The van der Waals surface area contributed by atoms with E-state index in [2.05, 4.69) is 34.7 Å². The van der Waals surface area contributed by atoms with Crippen LogP contribution in [0.15, 0.2) is 22.7 Å². The third kappa shape index (κ3) is 3.28. The number of rotatable bonds is 2. The highest BCUT2D eigenvalue weighted by atomic mass is 79.9. The van der Waals surface area contributed by atoms with Gasteiger partial charge in [-0.2, -0.15) is 0 Å². The fraction of sp³-hybridized carbons (Fsp3) is 0.500. The van der Waals surface area contributed by atoms with Crippen LogP contribution in [0.4, 0.5) is 5.69 Å². The Morgan fingerprint density at radius 2 is 1.89 bits per heavy atom. The molecule has 1 heterocycles. The molecule has 104 valence electrons. The van der Waals surface area contributed by atoms with Gasteiger partial charge in [0.15, 0.2) is 0 Å². The van der Waals surface area contributed by atoms with Gasteiger partial charge in [0.25, 0.3) is 5.91 Å². The number of hydrogen-bond acceptors (Lipinski definition) is 3. The molecule has 0 radical (unpaired) electrons. The number of hydrogen-bond donors (Lipinski definition) is 1. The lowest BCUT2D eigenvalue weighted by molar-refractivity contribution is 0.0596. The summed E-state index contributed by atoms with van der Waals surface area (Å²) >= 11 is 3.35. The van der Waals surface area contributed by atoms with E-state index in [1.165, 1.54) is 0 Å². The van der Waals surface area contributed by atoms with Crippen molar-refractivity contribution < 1.29 is 4.79 Å². The number of nitrogens with zero attached hydrogens (tertiary/aromatic N) is 2. The van der Waals surface area contributed by atoms with Gasteiger partial charge < -0.3 is 10.6 Å². The van der Waals surface area contributed by atoms with Gasteiger partial charge in [0.05, 0.1) is 5.56 Å². The molecule has 19 heavy (non-hydrogen) atoms. The van der Waals surface area contributed by atoms with Gasteiger partial charge in [-0.1, -0.05) is 15.9 Å². The number of halogens is 1. The predicted octanol–water partition coefficient (Wildman–Crippen LogP) is 2.20. The SMILES string of the molecule is CC(C)N1CCN(C(=O)c2ccc(Br)cc2N)CC1. The summed E-state index contributed by atoms with van der Waals surface area (Å²) < 4.78 is 0.895. The van der Waals surface area contributed by atoms with Gasteiger partial charge >= 0.3 is 0 Å². The molecule has 2 N–H and O–H groups in total. The third-order valence-electron chi connectivity index (χ3n) is 3.58. The van der Waals surface area contributed by atoms with E-state index in [1.807, 2.05) is 11.0 Å². The molecule has 1 amide bonds. The molecular weight excluding hydrogens is 306 g/mol. The highest BCUT2D eigenvalue weighted by molar-refractivity contribution is 9.10. The van der Waals surface area contributed by atoms with E-state index in [0.29, 0.717) is 17.3 Å². The van der Waals surface area contributed by atoms with Crippen molar-refractivity contribution >= 4 is 27.5 Å². The minimum atomic E-state index is 0.0356. The van der Waals surface area contributed by atoms with E-state index in [4.69, 9.17) is 5.73 Å². The van der Waals surface area contributed by atoms with Gasteiger partial charge in [0, 0.05) is 42.4 Å². The first-order chi connectivity index (χ1) is 8.99. The molecule has 4 nitrogen and oxygen atoms in total. The number of amides is 1. The van der Waals surface area contributed by atoms with Crippen molar-refractivity contribution in [3.05, 3.63) is 28.2 Å². The van der Waals surface area contributed by atoms with Crippen LogP contribution in [0.25, 0.3) is 0 Å². The van der Waals surface area contributed by atoms with Crippen LogP contribution < -0.4 is 5.73 Å². The quantitative estimate of drug-likeness (QED) is 0.848.